The first-order valence-corrected chi connectivity index (χ1v) is 6.66. The molecule has 0 saturated heterocycles. The van der Waals surface area contributed by atoms with E-state index in [9.17, 15) is 4.79 Å². The Kier molecular flexibility index (Phi) is 4.24. The van der Waals surface area contributed by atoms with E-state index in [2.05, 4.69) is 36.6 Å². The van der Waals surface area contributed by atoms with Crippen molar-refractivity contribution < 1.29 is 4.79 Å². The van der Waals surface area contributed by atoms with Crippen LogP contribution in [0.3, 0.4) is 0 Å². The summed E-state index contributed by atoms with van der Waals surface area (Å²) in [6.07, 6.45) is 3.26. The zero-order valence-corrected chi connectivity index (χ0v) is 11.6. The molecular weight excluding hydrogens is 318 g/mol. The van der Waals surface area contributed by atoms with E-state index < -0.39 is 0 Å². The SMILES string of the molecule is NNc1ncc(Br)cc1C(=O)NCc1nccs1. The molecule has 0 atom stereocenters. The molecule has 6 nitrogen and oxygen atoms in total. The molecule has 0 fully saturated rings. The number of thiazole rings is 1. The van der Waals surface area contributed by atoms with E-state index in [4.69, 9.17) is 5.84 Å². The molecule has 4 N–H and O–H groups in total. The van der Waals surface area contributed by atoms with Crippen molar-refractivity contribution in [3.8, 4) is 0 Å². The third kappa shape index (κ3) is 3.03. The predicted octanol–water partition coefficient (Wildman–Crippen LogP) is 1.52. The lowest BCUT2D eigenvalue weighted by molar-refractivity contribution is 0.0951. The van der Waals surface area contributed by atoms with Crippen molar-refractivity contribution >= 4 is 39.0 Å². The minimum Gasteiger partial charge on any atom is -0.345 e. The number of hydrogen-bond donors (Lipinski definition) is 3. The van der Waals surface area contributed by atoms with Gasteiger partial charge in [-0.25, -0.2) is 15.8 Å². The first-order valence-electron chi connectivity index (χ1n) is 4.99. The highest BCUT2D eigenvalue weighted by Gasteiger charge is 2.12. The zero-order chi connectivity index (χ0) is 13.0. The summed E-state index contributed by atoms with van der Waals surface area (Å²) in [7, 11) is 0. The average Bonchev–Trinajstić information content (AvgIpc) is 2.89. The number of hydrazine groups is 1. The molecule has 94 valence electrons. The molecule has 18 heavy (non-hydrogen) atoms. The molecule has 0 unspecified atom stereocenters. The van der Waals surface area contributed by atoms with Gasteiger partial charge in [0.15, 0.2) is 5.82 Å². The number of carbonyl (C=O) groups is 1. The molecule has 0 radical (unpaired) electrons. The number of nitrogens with two attached hydrogens (primary N) is 1. The monoisotopic (exact) mass is 327 g/mol. The van der Waals surface area contributed by atoms with E-state index >= 15 is 0 Å². The highest BCUT2D eigenvalue weighted by Crippen LogP contribution is 2.17. The Morgan fingerprint density at radius 3 is 3.00 bits per heavy atom. The van der Waals surface area contributed by atoms with Gasteiger partial charge in [0.05, 0.1) is 12.1 Å². The minimum absolute atomic E-state index is 0.257. The Hall–Kier alpha value is -1.51. The number of hydrogen-bond acceptors (Lipinski definition) is 6. The van der Waals surface area contributed by atoms with Crippen LogP contribution in [0.4, 0.5) is 5.82 Å². The summed E-state index contributed by atoms with van der Waals surface area (Å²) in [4.78, 5) is 20.1. The number of halogens is 1. The molecule has 0 aliphatic rings. The Morgan fingerprint density at radius 2 is 2.33 bits per heavy atom. The molecule has 0 aromatic carbocycles. The topological polar surface area (TPSA) is 92.9 Å². The molecule has 0 aliphatic heterocycles. The standard InChI is InChI=1S/C10H10BrN5OS/c11-6-3-7(9(16-12)14-4-6)10(17)15-5-8-13-1-2-18-8/h1-4H,5,12H2,(H,14,16)(H,15,17). The van der Waals surface area contributed by atoms with Crippen molar-refractivity contribution in [1.29, 1.82) is 0 Å². The maximum absolute atomic E-state index is 12.0. The molecule has 2 heterocycles. The summed E-state index contributed by atoms with van der Waals surface area (Å²) in [5.74, 6) is 5.38. The fraction of sp³-hybridized carbons (Fsp3) is 0.100. The van der Waals surface area contributed by atoms with Crippen molar-refractivity contribution in [1.82, 2.24) is 15.3 Å². The van der Waals surface area contributed by atoms with E-state index in [1.807, 2.05) is 5.38 Å². The molecule has 0 spiro atoms. The Labute approximate surface area is 116 Å². The molecule has 0 bridgehead atoms. The third-order valence-electron chi connectivity index (χ3n) is 2.12. The Bertz CT molecular complexity index is 545. The third-order valence-corrected chi connectivity index (χ3v) is 3.33. The van der Waals surface area contributed by atoms with Crippen molar-refractivity contribution in [2.24, 2.45) is 5.84 Å². The second-order valence-electron chi connectivity index (χ2n) is 3.30. The van der Waals surface area contributed by atoms with Crippen LogP contribution in [-0.2, 0) is 6.54 Å². The van der Waals surface area contributed by atoms with Gasteiger partial charge < -0.3 is 10.7 Å². The highest BCUT2D eigenvalue weighted by atomic mass is 79.9. The zero-order valence-electron chi connectivity index (χ0n) is 9.18. The predicted molar refractivity (Wildman–Crippen MR) is 73.0 cm³/mol. The fourth-order valence-electron chi connectivity index (χ4n) is 1.32. The number of nitrogens with zero attached hydrogens (tertiary/aromatic N) is 2. The van der Waals surface area contributed by atoms with Gasteiger partial charge >= 0.3 is 0 Å². The summed E-state index contributed by atoms with van der Waals surface area (Å²) in [5, 5.41) is 5.45. The molecule has 0 aliphatic carbocycles. The van der Waals surface area contributed by atoms with Crippen LogP contribution in [-0.4, -0.2) is 15.9 Å². The van der Waals surface area contributed by atoms with Crippen LogP contribution in [0, 0.1) is 0 Å². The van der Waals surface area contributed by atoms with Gasteiger partial charge in [-0.1, -0.05) is 0 Å². The van der Waals surface area contributed by atoms with Crippen LogP contribution < -0.4 is 16.6 Å². The van der Waals surface area contributed by atoms with Crippen LogP contribution >= 0.6 is 27.3 Å². The summed E-state index contributed by atoms with van der Waals surface area (Å²) in [6.45, 7) is 0.382. The molecule has 8 heteroatoms. The normalized spacial score (nSPS) is 10.1. The minimum atomic E-state index is -0.257. The van der Waals surface area contributed by atoms with E-state index in [0.717, 1.165) is 5.01 Å². The lowest BCUT2D eigenvalue weighted by Crippen LogP contribution is -2.25. The highest BCUT2D eigenvalue weighted by molar-refractivity contribution is 9.10. The van der Waals surface area contributed by atoms with Gasteiger partial charge in [0.25, 0.3) is 5.91 Å². The summed E-state index contributed by atoms with van der Waals surface area (Å²) in [6, 6.07) is 1.65. The van der Waals surface area contributed by atoms with Crippen LogP contribution in [0.5, 0.6) is 0 Å². The van der Waals surface area contributed by atoms with Crippen LogP contribution in [0.15, 0.2) is 28.3 Å². The molecule has 0 saturated carbocycles. The van der Waals surface area contributed by atoms with E-state index in [-0.39, 0.29) is 5.91 Å². The largest absolute Gasteiger partial charge is 0.345 e. The quantitative estimate of drug-likeness (QED) is 0.584. The average molecular weight is 328 g/mol. The second-order valence-corrected chi connectivity index (χ2v) is 5.20. The van der Waals surface area contributed by atoms with Crippen molar-refractivity contribution in [3.63, 3.8) is 0 Å². The van der Waals surface area contributed by atoms with Crippen molar-refractivity contribution in [3.05, 3.63) is 38.9 Å². The number of amides is 1. The smallest absolute Gasteiger partial charge is 0.255 e. The number of nitrogen functional groups attached to an aromatic ring is 1. The number of pyridine rings is 1. The van der Waals surface area contributed by atoms with Gasteiger partial charge in [0.1, 0.15) is 5.01 Å². The number of nitrogens with one attached hydrogen (secondary N) is 2. The molecule has 2 aromatic heterocycles. The number of aromatic nitrogens is 2. The van der Waals surface area contributed by atoms with Crippen LogP contribution in [0.1, 0.15) is 15.4 Å². The second kappa shape index (κ2) is 5.89. The maximum atomic E-state index is 12.0. The number of rotatable bonds is 4. The maximum Gasteiger partial charge on any atom is 0.255 e. The van der Waals surface area contributed by atoms with Crippen molar-refractivity contribution in [2.75, 3.05) is 5.43 Å². The number of carbonyl (C=O) groups excluding carboxylic acids is 1. The van der Waals surface area contributed by atoms with Crippen LogP contribution in [0.25, 0.3) is 0 Å². The molecular formula is C10H10BrN5OS. The fourth-order valence-corrected chi connectivity index (χ4v) is 2.21. The summed E-state index contributed by atoms with van der Waals surface area (Å²) < 4.78 is 0.709. The lowest BCUT2D eigenvalue weighted by Gasteiger charge is -2.08. The molecule has 2 rings (SSSR count). The van der Waals surface area contributed by atoms with Gasteiger partial charge in [-0.05, 0) is 22.0 Å². The van der Waals surface area contributed by atoms with Gasteiger partial charge in [0, 0.05) is 22.2 Å². The lowest BCUT2D eigenvalue weighted by atomic mass is 10.2. The van der Waals surface area contributed by atoms with Gasteiger partial charge in [-0.15, -0.1) is 11.3 Å². The van der Waals surface area contributed by atoms with E-state index in [1.165, 1.54) is 11.3 Å². The van der Waals surface area contributed by atoms with E-state index in [1.54, 1.807) is 18.5 Å². The molecule has 1 amide bonds. The van der Waals surface area contributed by atoms with E-state index in [0.29, 0.717) is 22.4 Å². The molecule has 2 aromatic rings. The van der Waals surface area contributed by atoms with Gasteiger partial charge in [-0.2, -0.15) is 0 Å². The summed E-state index contributed by atoms with van der Waals surface area (Å²) >= 11 is 4.74. The Morgan fingerprint density at radius 1 is 1.50 bits per heavy atom. The number of anilines is 1. The first-order chi connectivity index (χ1) is 8.70. The first kappa shape index (κ1) is 12.9. The van der Waals surface area contributed by atoms with Crippen LogP contribution in [0.2, 0.25) is 0 Å². The summed E-state index contributed by atoms with van der Waals surface area (Å²) in [5.41, 5.74) is 2.77. The van der Waals surface area contributed by atoms with Gasteiger partial charge in [0.2, 0.25) is 0 Å². The Balaban J connectivity index is 2.10. The van der Waals surface area contributed by atoms with Gasteiger partial charge in [-0.3, -0.25) is 4.79 Å². The van der Waals surface area contributed by atoms with Crippen molar-refractivity contribution in [2.45, 2.75) is 6.54 Å².